The average molecular weight is 327 g/mol. The molecule has 0 aliphatic carbocycles. The van der Waals surface area contributed by atoms with E-state index in [4.69, 9.17) is 21.6 Å². The Morgan fingerprint density at radius 2 is 1.74 bits per heavy atom. The van der Waals surface area contributed by atoms with Crippen molar-refractivity contribution in [3.8, 4) is 11.8 Å². The Kier molecular flexibility index (Phi) is 4.00. The van der Waals surface area contributed by atoms with Crippen LogP contribution in [0.2, 0.25) is 5.02 Å². The molecule has 0 radical (unpaired) electrons. The van der Waals surface area contributed by atoms with Crippen LogP contribution in [0.5, 0.6) is 5.75 Å². The number of benzene rings is 2. The van der Waals surface area contributed by atoms with Gasteiger partial charge in [-0.3, -0.25) is 14.5 Å². The molecule has 0 unspecified atom stereocenters. The van der Waals surface area contributed by atoms with Crippen LogP contribution in [-0.2, 0) is 0 Å². The fraction of sp³-hybridized carbons (Fsp3) is 0.118. The lowest BCUT2D eigenvalue weighted by molar-refractivity contribution is 0.0631. The molecule has 6 heteroatoms. The number of rotatable bonds is 4. The van der Waals surface area contributed by atoms with Crippen LogP contribution in [0, 0.1) is 11.3 Å². The molecule has 114 valence electrons. The van der Waals surface area contributed by atoms with Crippen molar-refractivity contribution in [2.24, 2.45) is 0 Å². The van der Waals surface area contributed by atoms with Crippen LogP contribution in [0.25, 0.3) is 0 Å². The third-order valence-corrected chi connectivity index (χ3v) is 3.81. The molecule has 0 spiro atoms. The summed E-state index contributed by atoms with van der Waals surface area (Å²) in [6.45, 7) is 0.250. The number of nitrogens with zero attached hydrogens (tertiary/aromatic N) is 2. The largest absolute Gasteiger partial charge is 0.490 e. The van der Waals surface area contributed by atoms with Gasteiger partial charge in [0.05, 0.1) is 34.3 Å². The van der Waals surface area contributed by atoms with Crippen LogP contribution in [-0.4, -0.2) is 29.9 Å². The van der Waals surface area contributed by atoms with Gasteiger partial charge in [0.2, 0.25) is 0 Å². The van der Waals surface area contributed by atoms with Crippen molar-refractivity contribution in [2.75, 3.05) is 13.2 Å². The van der Waals surface area contributed by atoms with Crippen molar-refractivity contribution in [2.45, 2.75) is 0 Å². The van der Waals surface area contributed by atoms with E-state index in [9.17, 15) is 9.59 Å². The molecule has 5 nitrogen and oxygen atoms in total. The van der Waals surface area contributed by atoms with Gasteiger partial charge in [0.15, 0.2) is 0 Å². The van der Waals surface area contributed by atoms with E-state index in [0.717, 1.165) is 4.90 Å². The molecule has 0 saturated heterocycles. The Morgan fingerprint density at radius 1 is 1.09 bits per heavy atom. The lowest BCUT2D eigenvalue weighted by Gasteiger charge is -2.15. The van der Waals surface area contributed by atoms with E-state index in [1.165, 1.54) is 6.07 Å². The zero-order chi connectivity index (χ0) is 16.4. The number of hydrogen-bond acceptors (Lipinski definition) is 4. The number of fused-ring (bicyclic) bond motifs is 1. The first-order valence-electron chi connectivity index (χ1n) is 6.89. The van der Waals surface area contributed by atoms with Crippen LogP contribution in [0.3, 0.4) is 0 Å². The monoisotopic (exact) mass is 326 g/mol. The Bertz CT molecular complexity index is 807. The number of hydrogen-bond donors (Lipinski definition) is 0. The van der Waals surface area contributed by atoms with E-state index in [1.807, 2.05) is 6.07 Å². The maximum absolute atomic E-state index is 12.2. The summed E-state index contributed by atoms with van der Waals surface area (Å²) in [7, 11) is 0. The number of carbonyl (C=O) groups is 2. The lowest BCUT2D eigenvalue weighted by Crippen LogP contribution is -2.33. The highest BCUT2D eigenvalue weighted by molar-refractivity contribution is 6.32. The highest BCUT2D eigenvalue weighted by atomic mass is 35.5. The molecule has 3 rings (SSSR count). The number of nitriles is 1. The third-order valence-electron chi connectivity index (χ3n) is 3.51. The molecule has 0 fully saturated rings. The molecule has 0 bridgehead atoms. The maximum atomic E-state index is 12.2. The quantitative estimate of drug-likeness (QED) is 0.810. The van der Waals surface area contributed by atoms with Crippen molar-refractivity contribution in [1.29, 1.82) is 5.26 Å². The summed E-state index contributed by atoms with van der Waals surface area (Å²) in [5.41, 5.74) is 1.26. The average Bonchev–Trinajstić information content (AvgIpc) is 2.81. The van der Waals surface area contributed by atoms with Crippen molar-refractivity contribution in [3.05, 3.63) is 64.2 Å². The Morgan fingerprint density at radius 3 is 2.30 bits per heavy atom. The van der Waals surface area contributed by atoms with Gasteiger partial charge in [-0.25, -0.2) is 0 Å². The number of carbonyl (C=O) groups excluding carboxylic acids is 2. The molecule has 0 saturated carbocycles. The van der Waals surface area contributed by atoms with Crippen LogP contribution >= 0.6 is 11.6 Å². The smallest absolute Gasteiger partial charge is 0.261 e. The molecule has 23 heavy (non-hydrogen) atoms. The molecule has 0 atom stereocenters. The number of halogens is 1. The fourth-order valence-electron chi connectivity index (χ4n) is 2.38. The van der Waals surface area contributed by atoms with E-state index >= 15 is 0 Å². The van der Waals surface area contributed by atoms with Gasteiger partial charge in [0.25, 0.3) is 11.8 Å². The van der Waals surface area contributed by atoms with Crippen LogP contribution < -0.4 is 4.74 Å². The topological polar surface area (TPSA) is 70.4 Å². The highest BCUT2D eigenvalue weighted by Crippen LogP contribution is 2.26. The van der Waals surface area contributed by atoms with Crippen LogP contribution in [0.1, 0.15) is 26.3 Å². The van der Waals surface area contributed by atoms with Crippen LogP contribution in [0.15, 0.2) is 42.5 Å². The molecule has 1 heterocycles. The minimum Gasteiger partial charge on any atom is -0.490 e. The minimum absolute atomic E-state index is 0.122. The van der Waals surface area contributed by atoms with Gasteiger partial charge < -0.3 is 4.74 Å². The molecule has 2 amide bonds. The zero-order valence-corrected chi connectivity index (χ0v) is 12.7. The maximum Gasteiger partial charge on any atom is 0.261 e. The van der Waals surface area contributed by atoms with Crippen LogP contribution in [0.4, 0.5) is 0 Å². The van der Waals surface area contributed by atoms with Gasteiger partial charge in [-0.2, -0.15) is 5.26 Å². The first kappa shape index (κ1) is 15.1. The van der Waals surface area contributed by atoms with Crippen molar-refractivity contribution in [1.82, 2.24) is 4.90 Å². The predicted molar refractivity (Wildman–Crippen MR) is 83.5 cm³/mol. The van der Waals surface area contributed by atoms with E-state index in [2.05, 4.69) is 0 Å². The SMILES string of the molecule is N#Cc1ccc(OCCN2C(=O)c3ccccc3C2=O)c(Cl)c1. The fourth-order valence-corrected chi connectivity index (χ4v) is 2.61. The predicted octanol–water partition coefficient (Wildman–Crippen LogP) is 2.89. The van der Waals surface area contributed by atoms with E-state index in [0.29, 0.717) is 27.5 Å². The lowest BCUT2D eigenvalue weighted by atomic mass is 10.1. The molecular weight excluding hydrogens is 316 g/mol. The Labute approximate surface area is 137 Å². The summed E-state index contributed by atoms with van der Waals surface area (Å²) in [4.78, 5) is 25.5. The molecule has 1 aliphatic heterocycles. The Balaban J connectivity index is 1.65. The number of amides is 2. The number of imide groups is 1. The first-order chi connectivity index (χ1) is 11.1. The van der Waals surface area contributed by atoms with Gasteiger partial charge in [-0.05, 0) is 30.3 Å². The summed E-state index contributed by atoms with van der Waals surface area (Å²) in [6, 6.07) is 13.4. The van der Waals surface area contributed by atoms with E-state index < -0.39 is 0 Å². The zero-order valence-electron chi connectivity index (χ0n) is 12.0. The van der Waals surface area contributed by atoms with Gasteiger partial charge in [0.1, 0.15) is 12.4 Å². The summed E-state index contributed by atoms with van der Waals surface area (Å²) in [5, 5.41) is 9.10. The summed E-state index contributed by atoms with van der Waals surface area (Å²) >= 11 is 6.01. The van der Waals surface area contributed by atoms with Crippen molar-refractivity contribution < 1.29 is 14.3 Å². The summed E-state index contributed by atoms with van der Waals surface area (Å²) in [6.07, 6.45) is 0. The molecule has 0 N–H and O–H groups in total. The van der Waals surface area contributed by atoms with Gasteiger partial charge in [-0.1, -0.05) is 23.7 Å². The molecular formula is C17H11ClN2O3. The van der Waals surface area contributed by atoms with Crippen molar-refractivity contribution >= 4 is 23.4 Å². The van der Waals surface area contributed by atoms with Gasteiger partial charge in [0, 0.05) is 0 Å². The molecule has 2 aromatic rings. The van der Waals surface area contributed by atoms with Crippen molar-refractivity contribution in [3.63, 3.8) is 0 Å². The second-order valence-electron chi connectivity index (χ2n) is 4.91. The summed E-state index contributed by atoms with van der Waals surface area (Å²) < 4.78 is 5.51. The minimum atomic E-state index is -0.319. The first-order valence-corrected chi connectivity index (χ1v) is 7.27. The number of ether oxygens (including phenoxy) is 1. The Hall–Kier alpha value is -2.84. The normalized spacial score (nSPS) is 13.0. The van der Waals surface area contributed by atoms with E-state index in [1.54, 1.807) is 36.4 Å². The molecule has 1 aliphatic rings. The second kappa shape index (κ2) is 6.11. The molecule has 2 aromatic carbocycles. The van der Waals surface area contributed by atoms with Gasteiger partial charge >= 0.3 is 0 Å². The van der Waals surface area contributed by atoms with Gasteiger partial charge in [-0.15, -0.1) is 0 Å². The third kappa shape index (κ3) is 2.77. The molecule has 0 aromatic heterocycles. The summed E-state index contributed by atoms with van der Waals surface area (Å²) in [5.74, 6) is -0.234. The highest BCUT2D eigenvalue weighted by Gasteiger charge is 2.34. The van der Waals surface area contributed by atoms with E-state index in [-0.39, 0.29) is 25.0 Å². The second-order valence-corrected chi connectivity index (χ2v) is 5.32. The standard InChI is InChI=1S/C17H11ClN2O3/c18-14-9-11(10-19)5-6-15(14)23-8-7-20-16(21)12-3-1-2-4-13(12)17(20)22/h1-6,9H,7-8H2.